The van der Waals surface area contributed by atoms with Crippen molar-refractivity contribution in [1.82, 2.24) is 0 Å². The molecule has 0 radical (unpaired) electrons. The van der Waals surface area contributed by atoms with Crippen LogP contribution in [0.25, 0.3) is 0 Å². The summed E-state index contributed by atoms with van der Waals surface area (Å²) in [6.45, 7) is 13.5. The molecule has 190 valence electrons. The van der Waals surface area contributed by atoms with Crippen molar-refractivity contribution in [1.29, 1.82) is 0 Å². The van der Waals surface area contributed by atoms with E-state index in [9.17, 15) is 14.7 Å². The third kappa shape index (κ3) is 2.93. The zero-order chi connectivity index (χ0) is 24.9. The number of aliphatic hydroxyl groups excluding tert-OH is 1. The van der Waals surface area contributed by atoms with E-state index >= 15 is 0 Å². The highest BCUT2D eigenvalue weighted by atomic mass is 16.4. The van der Waals surface area contributed by atoms with Crippen molar-refractivity contribution < 1.29 is 19.8 Å². The molecule has 2 spiro atoms. The summed E-state index contributed by atoms with van der Waals surface area (Å²) in [7, 11) is 0. The van der Waals surface area contributed by atoms with Crippen LogP contribution in [0.4, 0.5) is 0 Å². The van der Waals surface area contributed by atoms with Gasteiger partial charge in [-0.15, -0.1) is 0 Å². The first-order chi connectivity index (χ1) is 15.8. The minimum Gasteiger partial charge on any atom is -0.478 e. The zero-order valence-corrected chi connectivity index (χ0v) is 22.2. The van der Waals surface area contributed by atoms with Gasteiger partial charge in [0.05, 0.1) is 6.10 Å². The lowest BCUT2D eigenvalue weighted by molar-refractivity contribution is -0.161. The molecule has 9 atom stereocenters. The third-order valence-corrected chi connectivity index (χ3v) is 13.1. The number of hydrogen-bond acceptors (Lipinski definition) is 3. The molecule has 4 nitrogen and oxygen atoms in total. The first-order valence-corrected chi connectivity index (χ1v) is 13.9. The van der Waals surface area contributed by atoms with Crippen LogP contribution in [0.15, 0.2) is 11.6 Å². The summed E-state index contributed by atoms with van der Waals surface area (Å²) in [6, 6.07) is 0. The maximum absolute atomic E-state index is 12.6. The van der Waals surface area contributed by atoms with Crippen molar-refractivity contribution in [2.24, 2.45) is 50.7 Å². The lowest BCUT2D eigenvalue weighted by Crippen LogP contribution is -2.57. The molecule has 0 bridgehead atoms. The van der Waals surface area contributed by atoms with Crippen LogP contribution in [0.3, 0.4) is 0 Å². The van der Waals surface area contributed by atoms with Crippen LogP contribution in [0.1, 0.15) is 106 Å². The molecule has 0 aliphatic heterocycles. The molecule has 2 N–H and O–H groups in total. The fraction of sp³-hybridized carbons (Fsp3) is 0.867. The highest BCUT2D eigenvalue weighted by Gasteiger charge is 2.82. The molecule has 5 aliphatic carbocycles. The molecule has 4 heteroatoms. The molecule has 0 aromatic carbocycles. The Kier molecular flexibility index (Phi) is 5.36. The van der Waals surface area contributed by atoms with Gasteiger partial charge in [-0.2, -0.15) is 0 Å². The monoisotopic (exact) mass is 470 g/mol. The lowest BCUT2D eigenvalue weighted by Gasteiger charge is -2.63. The van der Waals surface area contributed by atoms with Gasteiger partial charge in [0.2, 0.25) is 0 Å². The summed E-state index contributed by atoms with van der Waals surface area (Å²) in [6.07, 6.45) is 12.8. The lowest BCUT2D eigenvalue weighted by atomic mass is 9.41. The zero-order valence-electron chi connectivity index (χ0n) is 22.2. The Morgan fingerprint density at radius 3 is 2.24 bits per heavy atom. The molecule has 9 unspecified atom stereocenters. The quantitative estimate of drug-likeness (QED) is 0.455. The highest BCUT2D eigenvalue weighted by molar-refractivity contribution is 5.98. The molecule has 5 rings (SSSR count). The van der Waals surface area contributed by atoms with Crippen molar-refractivity contribution in [2.45, 2.75) is 112 Å². The summed E-state index contributed by atoms with van der Waals surface area (Å²) in [4.78, 5) is 23.8. The smallest absolute Gasteiger partial charge is 0.331 e. The Hall–Kier alpha value is -1.16. The van der Waals surface area contributed by atoms with Crippen LogP contribution < -0.4 is 0 Å². The van der Waals surface area contributed by atoms with E-state index in [4.69, 9.17) is 5.11 Å². The largest absolute Gasteiger partial charge is 0.478 e. The van der Waals surface area contributed by atoms with Gasteiger partial charge in [-0.1, -0.05) is 34.6 Å². The van der Waals surface area contributed by atoms with E-state index < -0.39 is 5.97 Å². The van der Waals surface area contributed by atoms with Gasteiger partial charge >= 0.3 is 5.97 Å². The highest BCUT2D eigenvalue weighted by Crippen LogP contribution is 2.89. The van der Waals surface area contributed by atoms with Gasteiger partial charge in [0.15, 0.2) is 5.78 Å². The fourth-order valence-electron chi connectivity index (χ4n) is 11.1. The SMILES string of the molecule is CC(=CC(=O)CC(C)C1CCC2(C)C3CCC4C(C)(C)C(O)CCC45CC35CCC12C)C(=O)O. The molecule has 5 fully saturated rings. The summed E-state index contributed by atoms with van der Waals surface area (Å²) >= 11 is 0. The normalized spacial score (nSPS) is 49.8. The molecule has 34 heavy (non-hydrogen) atoms. The first-order valence-electron chi connectivity index (χ1n) is 13.9. The summed E-state index contributed by atoms with van der Waals surface area (Å²) in [5.41, 5.74) is 1.67. The summed E-state index contributed by atoms with van der Waals surface area (Å²) in [5, 5.41) is 20.0. The van der Waals surface area contributed by atoms with E-state index in [1.54, 1.807) is 0 Å². The molecular formula is C30H46O4. The maximum atomic E-state index is 12.6. The molecule has 0 heterocycles. The first kappa shape index (κ1) is 24.5. The number of rotatable bonds is 5. The van der Waals surface area contributed by atoms with Crippen molar-refractivity contribution >= 4 is 11.8 Å². The van der Waals surface area contributed by atoms with Crippen molar-refractivity contribution in [3.8, 4) is 0 Å². The van der Waals surface area contributed by atoms with Crippen LogP contribution in [0.5, 0.6) is 0 Å². The number of aliphatic carboxylic acids is 1. The maximum Gasteiger partial charge on any atom is 0.331 e. The number of ketones is 1. The van der Waals surface area contributed by atoms with Crippen molar-refractivity contribution in [2.75, 3.05) is 0 Å². The van der Waals surface area contributed by atoms with E-state index in [0.29, 0.717) is 34.5 Å². The number of carboxylic acids is 1. The average molecular weight is 471 g/mol. The summed E-state index contributed by atoms with van der Waals surface area (Å²) in [5.74, 6) is 1.18. The van der Waals surface area contributed by atoms with Crippen LogP contribution in [-0.2, 0) is 9.59 Å². The Morgan fingerprint density at radius 2 is 1.56 bits per heavy atom. The minimum atomic E-state index is -1.01. The Labute approximate surface area is 206 Å². The van der Waals surface area contributed by atoms with Gasteiger partial charge in [-0.05, 0) is 122 Å². The molecule has 0 amide bonds. The second-order valence-corrected chi connectivity index (χ2v) is 14.3. The van der Waals surface area contributed by atoms with Crippen LogP contribution in [0, 0.1) is 50.7 Å². The topological polar surface area (TPSA) is 74.6 Å². The fourth-order valence-corrected chi connectivity index (χ4v) is 11.1. The van der Waals surface area contributed by atoms with Crippen molar-refractivity contribution in [3.05, 3.63) is 11.6 Å². The molecular weight excluding hydrogens is 424 g/mol. The molecule has 0 aromatic rings. The number of aliphatic hydroxyl groups is 1. The molecule has 0 aromatic heterocycles. The number of carbonyl (C=O) groups is 2. The standard InChI is InChI=1S/C30H46O4/c1-18(15-20(31)16-19(2)25(33)34)21-9-11-28(6)23-8-7-22-26(3,4)24(32)10-12-29(22)17-30(23,29)14-13-27(21,28)5/h16,18,21-24,32H,7-15,17H2,1-6H3,(H,33,34). The Bertz CT molecular complexity index is 934. The van der Waals surface area contributed by atoms with Gasteiger partial charge in [-0.3, -0.25) is 4.79 Å². The molecule has 0 saturated heterocycles. The summed E-state index contributed by atoms with van der Waals surface area (Å²) < 4.78 is 0. The van der Waals surface area contributed by atoms with Crippen LogP contribution in [-0.4, -0.2) is 28.1 Å². The van der Waals surface area contributed by atoms with Crippen molar-refractivity contribution in [3.63, 3.8) is 0 Å². The van der Waals surface area contributed by atoms with E-state index in [0.717, 1.165) is 12.3 Å². The van der Waals surface area contributed by atoms with E-state index in [1.807, 2.05) is 0 Å². The van der Waals surface area contributed by atoms with E-state index in [-0.39, 0.29) is 34.2 Å². The number of allylic oxidation sites excluding steroid dienone is 1. The Balaban J connectivity index is 1.38. The second-order valence-electron chi connectivity index (χ2n) is 14.3. The predicted octanol–water partition coefficient (Wildman–Crippen LogP) is 6.41. The number of hydrogen-bond donors (Lipinski definition) is 2. The van der Waals surface area contributed by atoms with Gasteiger partial charge in [-0.25, -0.2) is 4.79 Å². The van der Waals surface area contributed by atoms with E-state index in [2.05, 4.69) is 34.6 Å². The Morgan fingerprint density at radius 1 is 0.912 bits per heavy atom. The third-order valence-electron chi connectivity index (χ3n) is 13.1. The number of fused-ring (bicyclic) bond motifs is 2. The molecule has 5 aliphatic rings. The van der Waals surface area contributed by atoms with Gasteiger partial charge < -0.3 is 10.2 Å². The van der Waals surface area contributed by atoms with Crippen LogP contribution >= 0.6 is 0 Å². The van der Waals surface area contributed by atoms with Gasteiger partial charge in [0.25, 0.3) is 0 Å². The van der Waals surface area contributed by atoms with Gasteiger partial charge in [0, 0.05) is 12.0 Å². The molecule has 5 saturated carbocycles. The van der Waals surface area contributed by atoms with E-state index in [1.165, 1.54) is 64.4 Å². The minimum absolute atomic E-state index is 0.0308. The average Bonchev–Trinajstić information content (AvgIpc) is 3.33. The van der Waals surface area contributed by atoms with Gasteiger partial charge in [0.1, 0.15) is 0 Å². The number of carbonyl (C=O) groups excluding carboxylic acids is 1. The van der Waals surface area contributed by atoms with Crippen LogP contribution in [0.2, 0.25) is 0 Å². The predicted molar refractivity (Wildman–Crippen MR) is 133 cm³/mol. The second kappa shape index (κ2) is 7.43. The number of carboxylic acid groups (broad SMARTS) is 1.